The molecule has 146 valence electrons. The summed E-state index contributed by atoms with van der Waals surface area (Å²) in [7, 11) is 0. The van der Waals surface area contributed by atoms with Gasteiger partial charge in [-0.3, -0.25) is 0 Å². The van der Waals surface area contributed by atoms with E-state index in [0.717, 1.165) is 22.5 Å². The lowest BCUT2D eigenvalue weighted by molar-refractivity contribution is 0.650. The van der Waals surface area contributed by atoms with Crippen molar-refractivity contribution in [1.29, 1.82) is 0 Å². The molecule has 0 saturated carbocycles. The molecule has 2 aromatic heterocycles. The monoisotopic (exact) mass is 392 g/mol. The van der Waals surface area contributed by atoms with Crippen LogP contribution in [0.1, 0.15) is 11.1 Å². The third-order valence-corrected chi connectivity index (χ3v) is 4.91. The Labute approximate surface area is 174 Å². The minimum absolute atomic E-state index is 0.696. The van der Waals surface area contributed by atoms with Gasteiger partial charge in [-0.25, -0.2) is 9.36 Å². The number of aromatic nitrogens is 6. The molecule has 5 aromatic rings. The van der Waals surface area contributed by atoms with Crippen LogP contribution in [0, 0.1) is 0 Å². The van der Waals surface area contributed by atoms with Crippen LogP contribution in [-0.2, 0) is 13.1 Å². The molecule has 6 heteroatoms. The molecule has 0 amide bonds. The van der Waals surface area contributed by atoms with E-state index in [2.05, 4.69) is 51.0 Å². The average molecular weight is 392 g/mol. The minimum Gasteiger partial charge on any atom is -0.247 e. The lowest BCUT2D eigenvalue weighted by atomic mass is 10.1. The molecule has 0 radical (unpaired) electrons. The Bertz CT molecular complexity index is 1150. The Hall–Kier alpha value is -4.06. The van der Waals surface area contributed by atoms with Gasteiger partial charge >= 0.3 is 0 Å². The molecule has 5 rings (SSSR count). The SMILES string of the molecule is c1ccc(Cn2cc(-c3cccc(-c4cn(Cc5ccccc5)nn4)c3)nn2)cc1. The zero-order valence-corrected chi connectivity index (χ0v) is 16.3. The summed E-state index contributed by atoms with van der Waals surface area (Å²) in [5.74, 6) is 0. The van der Waals surface area contributed by atoms with Crippen LogP contribution in [-0.4, -0.2) is 30.0 Å². The van der Waals surface area contributed by atoms with Crippen molar-refractivity contribution >= 4 is 0 Å². The fourth-order valence-corrected chi connectivity index (χ4v) is 3.39. The van der Waals surface area contributed by atoms with Gasteiger partial charge in [0.1, 0.15) is 11.4 Å². The predicted molar refractivity (Wildman–Crippen MR) is 116 cm³/mol. The molecule has 0 bridgehead atoms. The van der Waals surface area contributed by atoms with E-state index in [1.165, 1.54) is 11.1 Å². The lowest BCUT2D eigenvalue weighted by Gasteiger charge is -2.01. The van der Waals surface area contributed by atoms with Gasteiger partial charge in [-0.1, -0.05) is 89.3 Å². The zero-order chi connectivity index (χ0) is 20.2. The molecule has 0 saturated heterocycles. The maximum absolute atomic E-state index is 4.35. The first kappa shape index (κ1) is 18.0. The molecular weight excluding hydrogens is 372 g/mol. The second-order valence-electron chi connectivity index (χ2n) is 7.15. The summed E-state index contributed by atoms with van der Waals surface area (Å²) >= 11 is 0. The quantitative estimate of drug-likeness (QED) is 0.432. The molecule has 0 atom stereocenters. The van der Waals surface area contributed by atoms with Crippen LogP contribution in [0.15, 0.2) is 97.3 Å². The molecule has 6 nitrogen and oxygen atoms in total. The average Bonchev–Trinajstić information content (AvgIpc) is 3.45. The maximum atomic E-state index is 4.35. The van der Waals surface area contributed by atoms with Crippen molar-refractivity contribution in [2.24, 2.45) is 0 Å². The molecule has 0 aliphatic carbocycles. The van der Waals surface area contributed by atoms with Gasteiger partial charge in [0.05, 0.1) is 25.5 Å². The molecule has 30 heavy (non-hydrogen) atoms. The minimum atomic E-state index is 0.696. The molecule has 0 aliphatic rings. The predicted octanol–water partition coefficient (Wildman–Crippen LogP) is 4.30. The van der Waals surface area contributed by atoms with E-state index in [0.29, 0.717) is 13.1 Å². The summed E-state index contributed by atoms with van der Waals surface area (Å²) in [6.45, 7) is 1.39. The van der Waals surface area contributed by atoms with Gasteiger partial charge in [-0.05, 0) is 17.2 Å². The highest BCUT2D eigenvalue weighted by Gasteiger charge is 2.09. The van der Waals surface area contributed by atoms with E-state index < -0.39 is 0 Å². The Morgan fingerprint density at radius 2 is 1.00 bits per heavy atom. The van der Waals surface area contributed by atoms with Crippen LogP contribution in [0.5, 0.6) is 0 Å². The van der Waals surface area contributed by atoms with Crippen molar-refractivity contribution in [3.8, 4) is 22.5 Å². The highest BCUT2D eigenvalue weighted by molar-refractivity contribution is 5.68. The Balaban J connectivity index is 1.35. The van der Waals surface area contributed by atoms with Gasteiger partial charge < -0.3 is 0 Å². The second kappa shape index (κ2) is 8.13. The van der Waals surface area contributed by atoms with Gasteiger partial charge in [0, 0.05) is 11.1 Å². The molecular formula is C24H20N6. The summed E-state index contributed by atoms with van der Waals surface area (Å²) in [6, 6.07) is 28.6. The number of nitrogens with zero attached hydrogens (tertiary/aromatic N) is 6. The third kappa shape index (κ3) is 4.03. The molecule has 0 spiro atoms. The van der Waals surface area contributed by atoms with Crippen molar-refractivity contribution in [2.75, 3.05) is 0 Å². The van der Waals surface area contributed by atoms with Gasteiger partial charge in [0.2, 0.25) is 0 Å². The van der Waals surface area contributed by atoms with Gasteiger partial charge in [0.15, 0.2) is 0 Å². The molecule has 3 aromatic carbocycles. The first-order chi connectivity index (χ1) is 14.8. The van der Waals surface area contributed by atoms with Crippen LogP contribution in [0.2, 0.25) is 0 Å². The first-order valence-corrected chi connectivity index (χ1v) is 9.82. The second-order valence-corrected chi connectivity index (χ2v) is 7.15. The van der Waals surface area contributed by atoms with Crippen LogP contribution in [0.3, 0.4) is 0 Å². The third-order valence-electron chi connectivity index (χ3n) is 4.91. The topological polar surface area (TPSA) is 61.4 Å². The van der Waals surface area contributed by atoms with E-state index in [9.17, 15) is 0 Å². The van der Waals surface area contributed by atoms with Crippen molar-refractivity contribution in [1.82, 2.24) is 30.0 Å². The summed E-state index contributed by atoms with van der Waals surface area (Å²) < 4.78 is 3.71. The van der Waals surface area contributed by atoms with Crippen molar-refractivity contribution in [3.63, 3.8) is 0 Å². The lowest BCUT2D eigenvalue weighted by Crippen LogP contribution is -1.99. The van der Waals surface area contributed by atoms with Crippen molar-refractivity contribution < 1.29 is 0 Å². The molecule has 0 N–H and O–H groups in total. The summed E-state index contributed by atoms with van der Waals surface area (Å²) in [5.41, 5.74) is 6.07. The van der Waals surface area contributed by atoms with E-state index in [-0.39, 0.29) is 0 Å². The summed E-state index contributed by atoms with van der Waals surface area (Å²) in [4.78, 5) is 0. The summed E-state index contributed by atoms with van der Waals surface area (Å²) in [5, 5.41) is 17.3. The van der Waals surface area contributed by atoms with E-state index in [4.69, 9.17) is 0 Å². The highest BCUT2D eigenvalue weighted by Crippen LogP contribution is 2.24. The molecule has 0 unspecified atom stereocenters. The Kier molecular flexibility index (Phi) is 4.88. The smallest absolute Gasteiger partial charge is 0.113 e. The van der Waals surface area contributed by atoms with Gasteiger partial charge in [0.25, 0.3) is 0 Å². The Morgan fingerprint density at radius 3 is 1.47 bits per heavy atom. The fourth-order valence-electron chi connectivity index (χ4n) is 3.39. The fraction of sp³-hybridized carbons (Fsp3) is 0.0833. The van der Waals surface area contributed by atoms with Crippen LogP contribution >= 0.6 is 0 Å². The zero-order valence-electron chi connectivity index (χ0n) is 16.3. The molecule has 0 fully saturated rings. The number of hydrogen-bond acceptors (Lipinski definition) is 4. The summed E-state index contributed by atoms with van der Waals surface area (Å²) in [6.07, 6.45) is 3.94. The largest absolute Gasteiger partial charge is 0.247 e. The number of benzene rings is 3. The van der Waals surface area contributed by atoms with E-state index in [1.807, 2.05) is 76.4 Å². The van der Waals surface area contributed by atoms with Gasteiger partial charge in [-0.15, -0.1) is 10.2 Å². The first-order valence-electron chi connectivity index (χ1n) is 9.82. The Morgan fingerprint density at radius 1 is 0.533 bits per heavy atom. The molecule has 2 heterocycles. The normalized spacial score (nSPS) is 10.9. The number of rotatable bonds is 6. The van der Waals surface area contributed by atoms with Crippen molar-refractivity contribution in [3.05, 3.63) is 108 Å². The molecule has 0 aliphatic heterocycles. The van der Waals surface area contributed by atoms with Gasteiger partial charge in [-0.2, -0.15) is 0 Å². The van der Waals surface area contributed by atoms with Crippen LogP contribution in [0.4, 0.5) is 0 Å². The number of hydrogen-bond donors (Lipinski definition) is 0. The maximum Gasteiger partial charge on any atom is 0.113 e. The van der Waals surface area contributed by atoms with Crippen molar-refractivity contribution in [2.45, 2.75) is 13.1 Å². The standard InChI is InChI=1S/C24H20N6/c1-3-8-19(9-4-1)15-29-17-23(25-27-29)21-12-7-13-22(14-21)24-18-30(28-26-24)16-20-10-5-2-6-11-20/h1-14,17-18H,15-16H2. The van der Waals surface area contributed by atoms with Crippen LogP contribution < -0.4 is 0 Å². The van der Waals surface area contributed by atoms with E-state index >= 15 is 0 Å². The van der Waals surface area contributed by atoms with E-state index in [1.54, 1.807) is 0 Å². The highest BCUT2D eigenvalue weighted by atomic mass is 15.4. The van der Waals surface area contributed by atoms with Crippen LogP contribution in [0.25, 0.3) is 22.5 Å².